The highest BCUT2D eigenvalue weighted by molar-refractivity contribution is 7.15. The van der Waals surface area contributed by atoms with Gasteiger partial charge in [-0.25, -0.2) is 0 Å². The SMILES string of the molecule is NC(=O)c1cnn(C2CCN(c3nnc(C4CC4)s3)C2)c1. The average molecular weight is 304 g/mol. The van der Waals surface area contributed by atoms with Crippen LogP contribution in [0.2, 0.25) is 0 Å². The summed E-state index contributed by atoms with van der Waals surface area (Å²) in [7, 11) is 0. The van der Waals surface area contributed by atoms with Crippen molar-refractivity contribution >= 4 is 22.4 Å². The van der Waals surface area contributed by atoms with Gasteiger partial charge in [0.05, 0.1) is 17.8 Å². The zero-order valence-corrected chi connectivity index (χ0v) is 12.3. The van der Waals surface area contributed by atoms with Gasteiger partial charge in [0.15, 0.2) is 0 Å². The van der Waals surface area contributed by atoms with Crippen molar-refractivity contribution < 1.29 is 4.79 Å². The van der Waals surface area contributed by atoms with Gasteiger partial charge < -0.3 is 10.6 Å². The summed E-state index contributed by atoms with van der Waals surface area (Å²) in [6, 6.07) is 0.256. The fourth-order valence-corrected chi connectivity index (χ4v) is 3.69. The number of hydrogen-bond acceptors (Lipinski definition) is 6. The summed E-state index contributed by atoms with van der Waals surface area (Å²) in [5.41, 5.74) is 5.72. The van der Waals surface area contributed by atoms with E-state index in [9.17, 15) is 4.79 Å². The monoisotopic (exact) mass is 304 g/mol. The van der Waals surface area contributed by atoms with Crippen LogP contribution in [0.4, 0.5) is 5.13 Å². The van der Waals surface area contributed by atoms with Crippen LogP contribution in [-0.2, 0) is 0 Å². The van der Waals surface area contributed by atoms with Crippen molar-refractivity contribution in [3.63, 3.8) is 0 Å². The second-order valence-corrected chi connectivity index (χ2v) is 6.65. The Morgan fingerprint density at radius 2 is 2.19 bits per heavy atom. The molecular formula is C13H16N6OS. The second kappa shape index (κ2) is 4.80. The van der Waals surface area contributed by atoms with Gasteiger partial charge in [-0.2, -0.15) is 5.10 Å². The van der Waals surface area contributed by atoms with Gasteiger partial charge in [0.2, 0.25) is 5.13 Å². The van der Waals surface area contributed by atoms with Crippen molar-refractivity contribution in [2.45, 2.75) is 31.2 Å². The molecule has 0 aromatic carbocycles. The fourth-order valence-electron chi connectivity index (χ4n) is 2.65. The Labute approximate surface area is 125 Å². The number of rotatable bonds is 4. The lowest BCUT2D eigenvalue weighted by Crippen LogP contribution is -2.21. The Morgan fingerprint density at radius 1 is 1.33 bits per heavy atom. The van der Waals surface area contributed by atoms with Crippen LogP contribution in [0, 0.1) is 0 Å². The topological polar surface area (TPSA) is 89.9 Å². The molecule has 2 aromatic rings. The summed E-state index contributed by atoms with van der Waals surface area (Å²) in [5.74, 6) is 0.216. The standard InChI is InChI=1S/C13H16N6OS/c14-11(20)9-5-15-19(6-9)10-3-4-18(7-10)13-17-16-12(21-13)8-1-2-8/h5-6,8,10H,1-4,7H2,(H2,14,20). The van der Waals surface area contributed by atoms with E-state index < -0.39 is 5.91 Å². The smallest absolute Gasteiger partial charge is 0.251 e. The number of aromatic nitrogens is 4. The summed E-state index contributed by atoms with van der Waals surface area (Å²) in [6.45, 7) is 1.79. The van der Waals surface area contributed by atoms with Gasteiger partial charge in [0, 0.05) is 25.2 Å². The molecule has 8 heteroatoms. The van der Waals surface area contributed by atoms with Crippen molar-refractivity contribution in [1.82, 2.24) is 20.0 Å². The summed E-state index contributed by atoms with van der Waals surface area (Å²) >= 11 is 1.71. The van der Waals surface area contributed by atoms with Crippen LogP contribution in [0.1, 0.15) is 46.6 Å². The first-order chi connectivity index (χ1) is 10.2. The number of hydrogen-bond donors (Lipinski definition) is 1. The molecule has 1 saturated carbocycles. The quantitative estimate of drug-likeness (QED) is 0.915. The molecular weight excluding hydrogens is 288 g/mol. The fraction of sp³-hybridized carbons (Fsp3) is 0.538. The zero-order chi connectivity index (χ0) is 14.4. The molecule has 1 unspecified atom stereocenters. The molecule has 1 saturated heterocycles. The Kier molecular flexibility index (Phi) is 2.91. The molecule has 1 aliphatic carbocycles. The normalized spacial score (nSPS) is 21.9. The van der Waals surface area contributed by atoms with E-state index in [0.29, 0.717) is 11.5 Å². The van der Waals surface area contributed by atoms with Crippen LogP contribution in [0.25, 0.3) is 0 Å². The highest BCUT2D eigenvalue weighted by atomic mass is 32.1. The predicted octanol–water partition coefficient (Wildman–Crippen LogP) is 1.16. The Morgan fingerprint density at radius 3 is 2.90 bits per heavy atom. The average Bonchev–Trinajstić information content (AvgIpc) is 2.95. The largest absolute Gasteiger partial charge is 0.366 e. The highest BCUT2D eigenvalue weighted by Gasteiger charge is 2.31. The molecule has 1 aliphatic heterocycles. The van der Waals surface area contributed by atoms with E-state index in [1.807, 2.05) is 4.68 Å². The van der Waals surface area contributed by atoms with E-state index in [0.717, 1.165) is 24.6 Å². The summed E-state index contributed by atoms with van der Waals surface area (Å²) in [6.07, 6.45) is 6.74. The maximum absolute atomic E-state index is 11.1. The van der Waals surface area contributed by atoms with E-state index >= 15 is 0 Å². The lowest BCUT2D eigenvalue weighted by atomic mass is 10.3. The lowest BCUT2D eigenvalue weighted by molar-refractivity contribution is 0.1000. The van der Waals surface area contributed by atoms with Gasteiger partial charge in [-0.3, -0.25) is 9.48 Å². The molecule has 7 nitrogen and oxygen atoms in total. The van der Waals surface area contributed by atoms with E-state index in [-0.39, 0.29) is 6.04 Å². The van der Waals surface area contributed by atoms with E-state index in [2.05, 4.69) is 20.2 Å². The molecule has 1 amide bonds. The molecule has 21 heavy (non-hydrogen) atoms. The first-order valence-corrected chi connectivity index (χ1v) is 7.94. The predicted molar refractivity (Wildman–Crippen MR) is 78.5 cm³/mol. The first kappa shape index (κ1) is 12.8. The maximum atomic E-state index is 11.1. The zero-order valence-electron chi connectivity index (χ0n) is 11.5. The molecule has 1 atom stereocenters. The van der Waals surface area contributed by atoms with Gasteiger partial charge in [0.1, 0.15) is 5.01 Å². The van der Waals surface area contributed by atoms with E-state index in [1.165, 1.54) is 24.0 Å². The molecule has 0 spiro atoms. The number of amides is 1. The summed E-state index contributed by atoms with van der Waals surface area (Å²) in [5, 5.41) is 15.0. The molecule has 3 heterocycles. The molecule has 4 rings (SSSR count). The second-order valence-electron chi connectivity index (χ2n) is 5.66. The van der Waals surface area contributed by atoms with Crippen molar-refractivity contribution in [3.05, 3.63) is 23.0 Å². The third kappa shape index (κ3) is 2.39. The molecule has 2 aliphatic rings. The van der Waals surface area contributed by atoms with Crippen molar-refractivity contribution in [3.8, 4) is 0 Å². The Hall–Kier alpha value is -1.96. The van der Waals surface area contributed by atoms with E-state index in [1.54, 1.807) is 17.5 Å². The summed E-state index contributed by atoms with van der Waals surface area (Å²) in [4.78, 5) is 13.4. The van der Waals surface area contributed by atoms with Gasteiger partial charge in [-0.15, -0.1) is 10.2 Å². The van der Waals surface area contributed by atoms with Crippen LogP contribution in [0.3, 0.4) is 0 Å². The highest BCUT2D eigenvalue weighted by Crippen LogP contribution is 2.43. The minimum absolute atomic E-state index is 0.256. The van der Waals surface area contributed by atoms with Crippen LogP contribution >= 0.6 is 11.3 Å². The van der Waals surface area contributed by atoms with Crippen LogP contribution in [0.15, 0.2) is 12.4 Å². The maximum Gasteiger partial charge on any atom is 0.251 e. The number of nitrogens with two attached hydrogens (primary N) is 1. The van der Waals surface area contributed by atoms with Gasteiger partial charge >= 0.3 is 0 Å². The molecule has 0 radical (unpaired) electrons. The number of nitrogens with zero attached hydrogens (tertiary/aromatic N) is 5. The summed E-state index contributed by atoms with van der Waals surface area (Å²) < 4.78 is 1.84. The molecule has 2 aromatic heterocycles. The lowest BCUT2D eigenvalue weighted by Gasteiger charge is -2.14. The van der Waals surface area contributed by atoms with Gasteiger partial charge in [0.25, 0.3) is 5.91 Å². The first-order valence-electron chi connectivity index (χ1n) is 7.13. The number of anilines is 1. The molecule has 2 N–H and O–H groups in total. The number of carbonyl (C=O) groups is 1. The molecule has 2 fully saturated rings. The van der Waals surface area contributed by atoms with Crippen LogP contribution < -0.4 is 10.6 Å². The number of carbonyl (C=O) groups excluding carboxylic acids is 1. The third-order valence-electron chi connectivity index (χ3n) is 4.05. The van der Waals surface area contributed by atoms with Crippen molar-refractivity contribution in [2.75, 3.05) is 18.0 Å². The molecule has 110 valence electrons. The Bertz CT molecular complexity index is 676. The van der Waals surface area contributed by atoms with Crippen molar-refractivity contribution in [1.29, 1.82) is 0 Å². The Balaban J connectivity index is 1.46. The van der Waals surface area contributed by atoms with Crippen molar-refractivity contribution in [2.24, 2.45) is 5.73 Å². The number of primary amides is 1. The third-order valence-corrected chi connectivity index (χ3v) is 5.20. The van der Waals surface area contributed by atoms with Gasteiger partial charge in [-0.1, -0.05) is 11.3 Å². The van der Waals surface area contributed by atoms with Crippen LogP contribution in [-0.4, -0.2) is 39.0 Å². The van der Waals surface area contributed by atoms with E-state index in [4.69, 9.17) is 5.73 Å². The minimum Gasteiger partial charge on any atom is -0.366 e. The van der Waals surface area contributed by atoms with Gasteiger partial charge in [-0.05, 0) is 19.3 Å². The van der Waals surface area contributed by atoms with Crippen LogP contribution in [0.5, 0.6) is 0 Å². The molecule has 0 bridgehead atoms. The minimum atomic E-state index is -0.436.